The maximum atomic E-state index is 12.0. The van der Waals surface area contributed by atoms with E-state index in [0.29, 0.717) is 0 Å². The Labute approximate surface area is 140 Å². The summed E-state index contributed by atoms with van der Waals surface area (Å²) in [5, 5.41) is 5.67. The van der Waals surface area contributed by atoms with Crippen LogP contribution in [0, 0.1) is 5.92 Å². The number of rotatable bonds is 5. The van der Waals surface area contributed by atoms with Crippen LogP contribution in [0.15, 0.2) is 28.7 Å². The monoisotopic (exact) mass is 366 g/mol. The molecule has 1 aromatic carbocycles. The molecule has 1 saturated carbocycles. The first-order valence-corrected chi connectivity index (χ1v) is 8.68. The lowest BCUT2D eigenvalue weighted by molar-refractivity contribution is -0.129. The normalized spacial score (nSPS) is 16.8. The SMILES string of the molecule is CC(NC(=O)CNC(=O)C1CCCCC1)c1ccccc1Br. The van der Waals surface area contributed by atoms with Crippen LogP contribution in [0.4, 0.5) is 0 Å². The summed E-state index contributed by atoms with van der Waals surface area (Å²) in [6, 6.07) is 7.69. The molecule has 0 aromatic heterocycles. The van der Waals surface area contributed by atoms with E-state index in [4.69, 9.17) is 0 Å². The zero-order chi connectivity index (χ0) is 15.9. The Kier molecular flexibility index (Phi) is 6.43. The van der Waals surface area contributed by atoms with Crippen LogP contribution in [0.1, 0.15) is 50.6 Å². The van der Waals surface area contributed by atoms with Crippen LogP contribution >= 0.6 is 15.9 Å². The molecule has 1 aliphatic rings. The minimum absolute atomic E-state index is 0.0170. The van der Waals surface area contributed by atoms with Crippen LogP contribution in [0.2, 0.25) is 0 Å². The molecule has 0 bridgehead atoms. The molecule has 0 saturated heterocycles. The average Bonchev–Trinajstić information content (AvgIpc) is 2.53. The highest BCUT2D eigenvalue weighted by Gasteiger charge is 2.21. The second kappa shape index (κ2) is 8.32. The van der Waals surface area contributed by atoms with Crippen molar-refractivity contribution in [2.45, 2.75) is 45.1 Å². The topological polar surface area (TPSA) is 58.2 Å². The molecule has 5 heteroatoms. The fourth-order valence-electron chi connectivity index (χ4n) is 2.87. The van der Waals surface area contributed by atoms with Gasteiger partial charge in [0, 0.05) is 10.4 Å². The van der Waals surface area contributed by atoms with Crippen molar-refractivity contribution in [1.82, 2.24) is 10.6 Å². The Morgan fingerprint density at radius 1 is 1.23 bits per heavy atom. The minimum Gasteiger partial charge on any atom is -0.348 e. The Morgan fingerprint density at radius 2 is 1.91 bits per heavy atom. The number of amides is 2. The smallest absolute Gasteiger partial charge is 0.239 e. The number of carbonyl (C=O) groups is 2. The van der Waals surface area contributed by atoms with Gasteiger partial charge in [-0.15, -0.1) is 0 Å². The Balaban J connectivity index is 1.78. The van der Waals surface area contributed by atoms with E-state index in [0.717, 1.165) is 35.7 Å². The summed E-state index contributed by atoms with van der Waals surface area (Å²) in [5.74, 6) is -0.0574. The fraction of sp³-hybridized carbons (Fsp3) is 0.529. The zero-order valence-electron chi connectivity index (χ0n) is 12.9. The quantitative estimate of drug-likeness (QED) is 0.839. The largest absolute Gasteiger partial charge is 0.348 e. The van der Waals surface area contributed by atoms with E-state index < -0.39 is 0 Å². The Bertz CT molecular complexity index is 527. The molecule has 2 N–H and O–H groups in total. The van der Waals surface area contributed by atoms with Gasteiger partial charge in [-0.3, -0.25) is 9.59 Å². The van der Waals surface area contributed by atoms with Gasteiger partial charge in [-0.05, 0) is 31.4 Å². The number of carbonyl (C=O) groups excluding carboxylic acids is 2. The predicted molar refractivity (Wildman–Crippen MR) is 90.3 cm³/mol. The molecule has 22 heavy (non-hydrogen) atoms. The van der Waals surface area contributed by atoms with Gasteiger partial charge in [0.2, 0.25) is 11.8 Å². The van der Waals surface area contributed by atoms with Crippen LogP contribution < -0.4 is 10.6 Å². The zero-order valence-corrected chi connectivity index (χ0v) is 14.5. The lowest BCUT2D eigenvalue weighted by Gasteiger charge is -2.21. The second-order valence-electron chi connectivity index (χ2n) is 5.86. The second-order valence-corrected chi connectivity index (χ2v) is 6.72. The van der Waals surface area contributed by atoms with Crippen LogP contribution in [0.25, 0.3) is 0 Å². The van der Waals surface area contributed by atoms with Crippen molar-refractivity contribution in [3.05, 3.63) is 34.3 Å². The van der Waals surface area contributed by atoms with Gasteiger partial charge in [0.1, 0.15) is 0 Å². The standard InChI is InChI=1S/C17H23BrN2O2/c1-12(14-9-5-6-10-15(14)18)20-16(21)11-19-17(22)13-7-3-2-4-8-13/h5-6,9-10,12-13H,2-4,7-8,11H2,1H3,(H,19,22)(H,20,21). The predicted octanol–water partition coefficient (Wildman–Crippen LogP) is 3.32. The van der Waals surface area contributed by atoms with Crippen molar-refractivity contribution >= 4 is 27.7 Å². The van der Waals surface area contributed by atoms with E-state index in [-0.39, 0.29) is 30.3 Å². The highest BCUT2D eigenvalue weighted by atomic mass is 79.9. The summed E-state index contributed by atoms with van der Waals surface area (Å²) < 4.78 is 0.967. The highest BCUT2D eigenvalue weighted by Crippen LogP contribution is 2.24. The average molecular weight is 367 g/mol. The van der Waals surface area contributed by atoms with Crippen LogP contribution in [-0.4, -0.2) is 18.4 Å². The summed E-state index contributed by atoms with van der Waals surface area (Å²) in [7, 11) is 0. The lowest BCUT2D eigenvalue weighted by Crippen LogP contribution is -2.40. The maximum Gasteiger partial charge on any atom is 0.239 e. The number of hydrogen-bond acceptors (Lipinski definition) is 2. The first-order chi connectivity index (χ1) is 10.6. The van der Waals surface area contributed by atoms with Gasteiger partial charge < -0.3 is 10.6 Å². The van der Waals surface area contributed by atoms with E-state index in [9.17, 15) is 9.59 Å². The molecule has 0 radical (unpaired) electrons. The highest BCUT2D eigenvalue weighted by molar-refractivity contribution is 9.10. The number of hydrogen-bond donors (Lipinski definition) is 2. The van der Waals surface area contributed by atoms with Crippen molar-refractivity contribution in [3.63, 3.8) is 0 Å². The van der Waals surface area contributed by atoms with Gasteiger partial charge in [-0.1, -0.05) is 53.4 Å². The fourth-order valence-corrected chi connectivity index (χ4v) is 3.50. The molecule has 1 fully saturated rings. The van der Waals surface area contributed by atoms with E-state index in [1.54, 1.807) is 0 Å². The van der Waals surface area contributed by atoms with Crippen LogP contribution in [0.5, 0.6) is 0 Å². The van der Waals surface area contributed by atoms with Gasteiger partial charge in [0.15, 0.2) is 0 Å². The van der Waals surface area contributed by atoms with Crippen molar-refractivity contribution in [2.75, 3.05) is 6.54 Å². The first kappa shape index (κ1) is 17.0. The van der Waals surface area contributed by atoms with Gasteiger partial charge in [0.05, 0.1) is 12.6 Å². The third-order valence-electron chi connectivity index (χ3n) is 4.15. The van der Waals surface area contributed by atoms with Gasteiger partial charge in [-0.2, -0.15) is 0 Å². The molecular formula is C17H23BrN2O2. The van der Waals surface area contributed by atoms with Crippen molar-refractivity contribution < 1.29 is 9.59 Å². The molecule has 4 nitrogen and oxygen atoms in total. The molecule has 0 aliphatic heterocycles. The van der Waals surface area contributed by atoms with E-state index >= 15 is 0 Å². The molecule has 1 atom stereocenters. The summed E-state index contributed by atoms with van der Waals surface area (Å²) >= 11 is 3.48. The molecule has 1 unspecified atom stereocenters. The summed E-state index contributed by atoms with van der Waals surface area (Å²) in [6.07, 6.45) is 5.34. The van der Waals surface area contributed by atoms with E-state index in [2.05, 4.69) is 26.6 Å². The lowest BCUT2D eigenvalue weighted by atomic mass is 9.89. The van der Waals surface area contributed by atoms with Crippen LogP contribution in [-0.2, 0) is 9.59 Å². The van der Waals surface area contributed by atoms with Crippen molar-refractivity contribution in [1.29, 1.82) is 0 Å². The molecule has 1 aromatic rings. The summed E-state index contributed by atoms with van der Waals surface area (Å²) in [5.41, 5.74) is 1.02. The summed E-state index contributed by atoms with van der Waals surface area (Å²) in [6.45, 7) is 1.98. The van der Waals surface area contributed by atoms with Gasteiger partial charge in [-0.25, -0.2) is 0 Å². The van der Waals surface area contributed by atoms with Crippen LogP contribution in [0.3, 0.4) is 0 Å². The molecule has 2 amide bonds. The number of nitrogens with one attached hydrogen (secondary N) is 2. The molecule has 0 heterocycles. The Hall–Kier alpha value is -1.36. The van der Waals surface area contributed by atoms with Gasteiger partial charge in [0.25, 0.3) is 0 Å². The third-order valence-corrected chi connectivity index (χ3v) is 4.87. The maximum absolute atomic E-state index is 12.0. The molecule has 2 rings (SSSR count). The van der Waals surface area contributed by atoms with E-state index in [1.165, 1.54) is 6.42 Å². The minimum atomic E-state index is -0.160. The van der Waals surface area contributed by atoms with E-state index in [1.807, 2.05) is 31.2 Å². The van der Waals surface area contributed by atoms with Crippen molar-refractivity contribution in [2.24, 2.45) is 5.92 Å². The number of halogens is 1. The molecule has 0 spiro atoms. The summed E-state index contributed by atoms with van der Waals surface area (Å²) in [4.78, 5) is 24.0. The molecular weight excluding hydrogens is 344 g/mol. The van der Waals surface area contributed by atoms with Crippen molar-refractivity contribution in [3.8, 4) is 0 Å². The first-order valence-electron chi connectivity index (χ1n) is 7.89. The third kappa shape index (κ3) is 4.83. The molecule has 120 valence electrons. The number of benzene rings is 1. The molecule has 1 aliphatic carbocycles. The Morgan fingerprint density at radius 3 is 2.59 bits per heavy atom. The van der Waals surface area contributed by atoms with Gasteiger partial charge >= 0.3 is 0 Å².